The highest BCUT2D eigenvalue weighted by Crippen LogP contribution is 2.45. The average molecular weight is 713 g/mol. The minimum absolute atomic E-state index is 1.10. The molecule has 0 fully saturated rings. The van der Waals surface area contributed by atoms with Crippen molar-refractivity contribution in [3.8, 4) is 27.9 Å². The van der Waals surface area contributed by atoms with Crippen LogP contribution < -0.4 is 4.90 Å². The third kappa shape index (κ3) is 5.19. The first kappa shape index (κ1) is 32.0. The summed E-state index contributed by atoms with van der Waals surface area (Å²) in [5.41, 5.74) is 11.7. The van der Waals surface area contributed by atoms with E-state index < -0.39 is 0 Å². The molecule has 2 nitrogen and oxygen atoms in total. The second-order valence-corrected chi connectivity index (χ2v) is 14.5. The van der Waals surface area contributed by atoms with Crippen molar-refractivity contribution in [1.82, 2.24) is 4.57 Å². The first-order valence-corrected chi connectivity index (χ1v) is 19.3. The van der Waals surface area contributed by atoms with Gasteiger partial charge in [-0.05, 0) is 97.7 Å². The van der Waals surface area contributed by atoms with Gasteiger partial charge in [0.2, 0.25) is 0 Å². The number of anilines is 3. The summed E-state index contributed by atoms with van der Waals surface area (Å²) in [6.45, 7) is 0. The van der Waals surface area contributed by atoms with Crippen molar-refractivity contribution in [2.24, 2.45) is 0 Å². The molecule has 0 amide bonds. The summed E-state index contributed by atoms with van der Waals surface area (Å²) in [4.78, 5) is 2.43. The quantitative estimate of drug-likeness (QED) is 0.167. The Morgan fingerprint density at radius 1 is 0.304 bits per heavy atom. The van der Waals surface area contributed by atoms with Crippen molar-refractivity contribution in [1.29, 1.82) is 0 Å². The molecule has 0 spiro atoms. The molecular formula is C54H36N2. The van der Waals surface area contributed by atoms with Gasteiger partial charge in [0, 0.05) is 27.5 Å². The molecular weight excluding hydrogens is 677 g/mol. The van der Waals surface area contributed by atoms with E-state index in [1.54, 1.807) is 0 Å². The molecule has 11 rings (SSSR count). The fraction of sp³-hybridized carbons (Fsp3) is 0. The van der Waals surface area contributed by atoms with Crippen LogP contribution in [0.5, 0.6) is 0 Å². The summed E-state index contributed by atoms with van der Waals surface area (Å²) in [5, 5.41) is 9.90. The minimum atomic E-state index is 1.10. The van der Waals surface area contributed by atoms with Gasteiger partial charge in [0.05, 0.1) is 22.4 Å². The summed E-state index contributed by atoms with van der Waals surface area (Å²) in [5.74, 6) is 0. The molecule has 1 heterocycles. The zero-order valence-electron chi connectivity index (χ0n) is 30.7. The van der Waals surface area contributed by atoms with Crippen LogP contribution in [0.2, 0.25) is 0 Å². The Morgan fingerprint density at radius 2 is 0.732 bits per heavy atom. The van der Waals surface area contributed by atoms with Crippen molar-refractivity contribution in [2.75, 3.05) is 4.90 Å². The topological polar surface area (TPSA) is 8.17 Å². The minimum Gasteiger partial charge on any atom is -0.310 e. The van der Waals surface area contributed by atoms with Crippen LogP contribution >= 0.6 is 0 Å². The fourth-order valence-corrected chi connectivity index (χ4v) is 8.81. The van der Waals surface area contributed by atoms with Crippen LogP contribution in [-0.4, -0.2) is 4.57 Å². The molecule has 56 heavy (non-hydrogen) atoms. The van der Waals surface area contributed by atoms with Gasteiger partial charge in [-0.25, -0.2) is 0 Å². The van der Waals surface area contributed by atoms with Gasteiger partial charge in [0.15, 0.2) is 0 Å². The average Bonchev–Trinajstić information content (AvgIpc) is 3.61. The van der Waals surface area contributed by atoms with Crippen LogP contribution in [0.3, 0.4) is 0 Å². The van der Waals surface area contributed by atoms with Gasteiger partial charge in [-0.2, -0.15) is 0 Å². The lowest BCUT2D eigenvalue weighted by Gasteiger charge is -2.27. The Balaban J connectivity index is 1.13. The molecule has 0 aliphatic rings. The van der Waals surface area contributed by atoms with Gasteiger partial charge in [0.1, 0.15) is 0 Å². The number of aromatic nitrogens is 1. The molecule has 0 saturated heterocycles. The maximum Gasteiger partial charge on any atom is 0.0562 e. The van der Waals surface area contributed by atoms with Crippen molar-refractivity contribution < 1.29 is 0 Å². The van der Waals surface area contributed by atoms with E-state index in [9.17, 15) is 0 Å². The number of hydrogen-bond acceptors (Lipinski definition) is 1. The summed E-state index contributed by atoms with van der Waals surface area (Å²) in [7, 11) is 0. The highest BCUT2D eigenvalue weighted by atomic mass is 15.1. The lowest BCUT2D eigenvalue weighted by atomic mass is 9.97. The van der Waals surface area contributed by atoms with Crippen LogP contribution in [0.25, 0.3) is 82.1 Å². The first-order chi connectivity index (χ1) is 27.8. The third-order valence-corrected chi connectivity index (χ3v) is 11.4. The van der Waals surface area contributed by atoms with Crippen LogP contribution in [0.15, 0.2) is 218 Å². The van der Waals surface area contributed by atoms with Crippen LogP contribution in [0.1, 0.15) is 0 Å². The predicted octanol–water partition coefficient (Wildman–Crippen LogP) is 15.0. The van der Waals surface area contributed by atoms with Crippen LogP contribution in [0, 0.1) is 0 Å². The second-order valence-electron chi connectivity index (χ2n) is 14.5. The van der Waals surface area contributed by atoms with Gasteiger partial charge in [0.25, 0.3) is 0 Å². The standard InChI is InChI=1S/C54H36N2/c1-4-19-44-37(13-1)16-9-23-46(44)40-29-33-42(34-30-40)55(43-35-31-41(32-36-43)47-24-10-17-38-14-2-5-20-45(38)47)52-27-12-28-53-54(52)49-22-7-8-25-51(49)56(53)50-26-11-18-39-15-3-6-21-48(39)50/h1-36H. The van der Waals surface area contributed by atoms with E-state index in [0.717, 1.165) is 17.1 Å². The van der Waals surface area contributed by atoms with Gasteiger partial charge < -0.3 is 9.47 Å². The molecule has 0 aliphatic carbocycles. The second kappa shape index (κ2) is 13.2. The van der Waals surface area contributed by atoms with Crippen molar-refractivity contribution in [3.05, 3.63) is 218 Å². The van der Waals surface area contributed by atoms with Crippen molar-refractivity contribution in [2.45, 2.75) is 0 Å². The van der Waals surface area contributed by atoms with E-state index in [1.165, 1.54) is 82.1 Å². The number of para-hydroxylation sites is 1. The zero-order valence-corrected chi connectivity index (χ0v) is 30.7. The Bertz CT molecular complexity index is 3100. The monoisotopic (exact) mass is 712 g/mol. The number of benzene rings is 10. The van der Waals surface area contributed by atoms with Crippen molar-refractivity contribution in [3.63, 3.8) is 0 Å². The molecule has 0 N–H and O–H groups in total. The fourth-order valence-electron chi connectivity index (χ4n) is 8.81. The van der Waals surface area contributed by atoms with E-state index in [1.807, 2.05) is 0 Å². The number of hydrogen-bond donors (Lipinski definition) is 0. The van der Waals surface area contributed by atoms with Crippen molar-refractivity contribution >= 4 is 71.2 Å². The molecule has 0 radical (unpaired) electrons. The lowest BCUT2D eigenvalue weighted by molar-refractivity contribution is 1.20. The molecule has 262 valence electrons. The zero-order chi connectivity index (χ0) is 37.0. The summed E-state index contributed by atoms with van der Waals surface area (Å²) < 4.78 is 2.45. The van der Waals surface area contributed by atoms with Gasteiger partial charge in [-0.15, -0.1) is 0 Å². The molecule has 0 unspecified atom stereocenters. The molecule has 11 aromatic rings. The van der Waals surface area contributed by atoms with Gasteiger partial charge in [-0.1, -0.05) is 170 Å². The van der Waals surface area contributed by atoms with Gasteiger partial charge in [-0.3, -0.25) is 0 Å². The largest absolute Gasteiger partial charge is 0.310 e. The van der Waals surface area contributed by atoms with E-state index >= 15 is 0 Å². The summed E-state index contributed by atoms with van der Waals surface area (Å²) >= 11 is 0. The lowest BCUT2D eigenvalue weighted by Crippen LogP contribution is -2.10. The van der Waals surface area contributed by atoms with E-state index in [0.29, 0.717) is 0 Å². The Morgan fingerprint density at radius 3 is 1.32 bits per heavy atom. The Labute approximate surface area is 325 Å². The molecule has 10 aromatic carbocycles. The summed E-state index contributed by atoms with van der Waals surface area (Å²) in [6.07, 6.45) is 0. The summed E-state index contributed by atoms with van der Waals surface area (Å²) in [6, 6.07) is 79.5. The van der Waals surface area contributed by atoms with E-state index in [-0.39, 0.29) is 0 Å². The molecule has 0 atom stereocenters. The highest BCUT2D eigenvalue weighted by Gasteiger charge is 2.22. The van der Waals surface area contributed by atoms with E-state index in [4.69, 9.17) is 0 Å². The SMILES string of the molecule is c1ccc2c(-c3ccc(N(c4ccc(-c5cccc6ccccc56)cc4)c4cccc5c4c4ccccc4n5-c4cccc5ccccc45)cc3)cccc2c1. The highest BCUT2D eigenvalue weighted by molar-refractivity contribution is 6.17. The Hall–Kier alpha value is -7.42. The van der Waals surface area contributed by atoms with E-state index in [2.05, 4.69) is 228 Å². The first-order valence-electron chi connectivity index (χ1n) is 19.3. The normalized spacial score (nSPS) is 11.6. The van der Waals surface area contributed by atoms with Crippen LogP contribution in [0.4, 0.5) is 17.1 Å². The number of nitrogens with zero attached hydrogens (tertiary/aromatic N) is 2. The smallest absolute Gasteiger partial charge is 0.0562 e. The maximum absolute atomic E-state index is 2.45. The third-order valence-electron chi connectivity index (χ3n) is 11.4. The molecule has 1 aromatic heterocycles. The van der Waals surface area contributed by atoms with Gasteiger partial charge >= 0.3 is 0 Å². The molecule has 2 heteroatoms. The molecule has 0 bridgehead atoms. The van der Waals surface area contributed by atoms with Crippen LogP contribution in [-0.2, 0) is 0 Å². The number of fused-ring (bicyclic) bond motifs is 6. The number of rotatable bonds is 6. The molecule has 0 saturated carbocycles. The maximum atomic E-state index is 2.45. The predicted molar refractivity (Wildman–Crippen MR) is 239 cm³/mol. The molecule has 0 aliphatic heterocycles. The Kier molecular flexibility index (Phi) is 7.53.